The molecule has 0 bridgehead atoms. The lowest BCUT2D eigenvalue weighted by Gasteiger charge is -2.20. The fraction of sp³-hybridized carbons (Fsp3) is 0.526. The molecule has 2 aromatic rings. The maximum absolute atomic E-state index is 4.75. The highest BCUT2D eigenvalue weighted by atomic mass is 15.3. The van der Waals surface area contributed by atoms with Gasteiger partial charge in [0.05, 0.1) is 13.1 Å². The number of nitrogens with one attached hydrogen (secondary N) is 2. The van der Waals surface area contributed by atoms with Crippen LogP contribution in [0.1, 0.15) is 37.7 Å². The predicted molar refractivity (Wildman–Crippen MR) is 106 cm³/mol. The van der Waals surface area contributed by atoms with Crippen LogP contribution in [-0.4, -0.2) is 45.3 Å². The van der Waals surface area contributed by atoms with E-state index in [0.29, 0.717) is 13.1 Å². The summed E-state index contributed by atoms with van der Waals surface area (Å²) in [5, 5.41) is 10.7. The van der Waals surface area contributed by atoms with Crippen LogP contribution in [0.5, 0.6) is 0 Å². The Kier molecular flexibility index (Phi) is 8.08. The lowest BCUT2D eigenvalue weighted by atomic mass is 10.1. The van der Waals surface area contributed by atoms with Crippen LogP contribution < -0.4 is 10.6 Å². The summed E-state index contributed by atoms with van der Waals surface area (Å²) in [6.07, 6.45) is 1.56. The molecule has 0 spiro atoms. The van der Waals surface area contributed by atoms with Gasteiger partial charge in [-0.1, -0.05) is 38.1 Å². The molecule has 26 heavy (non-hydrogen) atoms. The highest BCUT2D eigenvalue weighted by Gasteiger charge is 2.07. The number of aliphatic imine (C=N–C) groups is 1. The first kappa shape index (κ1) is 19.9. The van der Waals surface area contributed by atoms with Gasteiger partial charge in [0.15, 0.2) is 5.96 Å². The molecule has 0 radical (unpaired) electrons. The van der Waals surface area contributed by atoms with E-state index in [1.165, 1.54) is 11.1 Å². The van der Waals surface area contributed by atoms with Crippen LogP contribution in [0.2, 0.25) is 0 Å². The van der Waals surface area contributed by atoms with E-state index < -0.39 is 0 Å². The number of guanidine groups is 1. The fourth-order valence-electron chi connectivity index (χ4n) is 2.70. The normalized spacial score (nSPS) is 11.8. The van der Waals surface area contributed by atoms with Crippen molar-refractivity contribution >= 4 is 5.96 Å². The number of rotatable bonds is 9. The molecule has 2 rings (SSSR count). The fourth-order valence-corrected chi connectivity index (χ4v) is 2.70. The predicted octanol–water partition coefficient (Wildman–Crippen LogP) is 1.91. The SMILES string of the molecule is CCNC(=NCc1ccccc1CN(CC)CC)NCc1ncnn1C. The average molecular weight is 358 g/mol. The molecule has 7 nitrogen and oxygen atoms in total. The third kappa shape index (κ3) is 5.84. The van der Waals surface area contributed by atoms with E-state index in [2.05, 4.69) is 70.7 Å². The monoisotopic (exact) mass is 357 g/mol. The van der Waals surface area contributed by atoms with Crippen molar-refractivity contribution in [2.24, 2.45) is 12.0 Å². The number of benzene rings is 1. The molecule has 7 heteroatoms. The van der Waals surface area contributed by atoms with E-state index in [0.717, 1.165) is 38.0 Å². The van der Waals surface area contributed by atoms with Crippen molar-refractivity contribution in [3.8, 4) is 0 Å². The van der Waals surface area contributed by atoms with Gasteiger partial charge in [-0.3, -0.25) is 9.58 Å². The number of aryl methyl sites for hydroxylation is 1. The quantitative estimate of drug-likeness (QED) is 0.530. The Bertz CT molecular complexity index is 689. The molecule has 0 saturated heterocycles. The van der Waals surface area contributed by atoms with Crippen molar-refractivity contribution in [1.82, 2.24) is 30.3 Å². The summed E-state index contributed by atoms with van der Waals surface area (Å²) in [6, 6.07) is 8.54. The second-order valence-electron chi connectivity index (χ2n) is 6.08. The number of hydrogen-bond acceptors (Lipinski definition) is 4. The first-order valence-electron chi connectivity index (χ1n) is 9.32. The molecule has 0 aliphatic rings. The van der Waals surface area contributed by atoms with Gasteiger partial charge in [0.25, 0.3) is 0 Å². The summed E-state index contributed by atoms with van der Waals surface area (Å²) in [5.41, 5.74) is 2.60. The summed E-state index contributed by atoms with van der Waals surface area (Å²) >= 11 is 0. The van der Waals surface area contributed by atoms with Gasteiger partial charge in [-0.25, -0.2) is 9.98 Å². The summed E-state index contributed by atoms with van der Waals surface area (Å²) in [5.74, 6) is 1.66. The van der Waals surface area contributed by atoms with E-state index in [1.807, 2.05) is 7.05 Å². The Morgan fingerprint density at radius 1 is 1.12 bits per heavy atom. The van der Waals surface area contributed by atoms with E-state index in [-0.39, 0.29) is 0 Å². The Morgan fingerprint density at radius 2 is 1.85 bits per heavy atom. The van der Waals surface area contributed by atoms with Crippen molar-refractivity contribution in [3.05, 3.63) is 47.5 Å². The third-order valence-electron chi connectivity index (χ3n) is 4.38. The molecule has 0 aliphatic heterocycles. The minimum absolute atomic E-state index is 0.587. The molecule has 0 atom stereocenters. The van der Waals surface area contributed by atoms with Gasteiger partial charge in [0.2, 0.25) is 0 Å². The lowest BCUT2D eigenvalue weighted by Crippen LogP contribution is -2.37. The standard InChI is InChI=1S/C19H31N7/c1-5-20-19(22-13-18-23-15-24-25(18)4)21-12-16-10-8-9-11-17(16)14-26(6-2)7-3/h8-11,15H,5-7,12-14H2,1-4H3,(H2,20,21,22). The van der Waals surface area contributed by atoms with E-state index in [9.17, 15) is 0 Å². The van der Waals surface area contributed by atoms with E-state index >= 15 is 0 Å². The zero-order chi connectivity index (χ0) is 18.8. The Morgan fingerprint density at radius 3 is 2.46 bits per heavy atom. The van der Waals surface area contributed by atoms with E-state index in [1.54, 1.807) is 11.0 Å². The number of hydrogen-bond donors (Lipinski definition) is 2. The Hall–Kier alpha value is -2.41. The highest BCUT2D eigenvalue weighted by Crippen LogP contribution is 2.13. The molecule has 0 aliphatic carbocycles. The maximum Gasteiger partial charge on any atom is 0.191 e. The van der Waals surface area contributed by atoms with Crippen molar-refractivity contribution in [3.63, 3.8) is 0 Å². The van der Waals surface area contributed by atoms with Crippen molar-refractivity contribution < 1.29 is 0 Å². The van der Waals surface area contributed by atoms with Gasteiger partial charge in [-0.05, 0) is 31.1 Å². The zero-order valence-corrected chi connectivity index (χ0v) is 16.4. The zero-order valence-electron chi connectivity index (χ0n) is 16.4. The third-order valence-corrected chi connectivity index (χ3v) is 4.38. The van der Waals surface area contributed by atoms with Gasteiger partial charge < -0.3 is 10.6 Å². The molecule has 1 aromatic carbocycles. The van der Waals surface area contributed by atoms with Crippen molar-refractivity contribution in [2.75, 3.05) is 19.6 Å². The molecular formula is C19H31N7. The first-order chi connectivity index (χ1) is 12.7. The number of nitrogens with zero attached hydrogens (tertiary/aromatic N) is 5. The van der Waals surface area contributed by atoms with Gasteiger partial charge in [0, 0.05) is 20.1 Å². The molecule has 0 fully saturated rings. The largest absolute Gasteiger partial charge is 0.357 e. The minimum Gasteiger partial charge on any atom is -0.357 e. The molecule has 0 unspecified atom stereocenters. The molecule has 2 N–H and O–H groups in total. The van der Waals surface area contributed by atoms with Crippen LogP contribution in [0.25, 0.3) is 0 Å². The molecule has 1 heterocycles. The van der Waals surface area contributed by atoms with Crippen LogP contribution in [-0.2, 0) is 26.7 Å². The van der Waals surface area contributed by atoms with Crippen LogP contribution >= 0.6 is 0 Å². The molecule has 0 amide bonds. The van der Waals surface area contributed by atoms with Crippen LogP contribution in [0, 0.1) is 0 Å². The van der Waals surface area contributed by atoms with Gasteiger partial charge in [-0.2, -0.15) is 5.10 Å². The topological polar surface area (TPSA) is 70.4 Å². The lowest BCUT2D eigenvalue weighted by molar-refractivity contribution is 0.295. The minimum atomic E-state index is 0.587. The maximum atomic E-state index is 4.75. The van der Waals surface area contributed by atoms with E-state index in [4.69, 9.17) is 4.99 Å². The molecule has 0 saturated carbocycles. The molecule has 1 aromatic heterocycles. The number of aromatic nitrogens is 3. The van der Waals surface area contributed by atoms with Crippen LogP contribution in [0.4, 0.5) is 0 Å². The van der Waals surface area contributed by atoms with Gasteiger partial charge >= 0.3 is 0 Å². The van der Waals surface area contributed by atoms with Gasteiger partial charge in [-0.15, -0.1) is 0 Å². The van der Waals surface area contributed by atoms with Crippen LogP contribution in [0.3, 0.4) is 0 Å². The molecular weight excluding hydrogens is 326 g/mol. The summed E-state index contributed by atoms with van der Waals surface area (Å²) in [6.45, 7) is 11.6. The van der Waals surface area contributed by atoms with Crippen molar-refractivity contribution in [1.29, 1.82) is 0 Å². The molecule has 142 valence electrons. The summed E-state index contributed by atoms with van der Waals surface area (Å²) in [7, 11) is 1.89. The Labute approximate surface area is 156 Å². The van der Waals surface area contributed by atoms with Crippen molar-refractivity contribution in [2.45, 2.75) is 40.4 Å². The van der Waals surface area contributed by atoms with Gasteiger partial charge in [0.1, 0.15) is 12.2 Å². The average Bonchev–Trinajstić information content (AvgIpc) is 3.07. The second kappa shape index (κ2) is 10.6. The Balaban J connectivity index is 2.05. The highest BCUT2D eigenvalue weighted by molar-refractivity contribution is 5.79. The second-order valence-corrected chi connectivity index (χ2v) is 6.08. The summed E-state index contributed by atoms with van der Waals surface area (Å²) < 4.78 is 1.76. The first-order valence-corrected chi connectivity index (χ1v) is 9.32. The summed E-state index contributed by atoms with van der Waals surface area (Å²) in [4.78, 5) is 11.4. The smallest absolute Gasteiger partial charge is 0.191 e. The van der Waals surface area contributed by atoms with Crippen LogP contribution in [0.15, 0.2) is 35.6 Å².